The predicted molar refractivity (Wildman–Crippen MR) is 126 cm³/mol. The summed E-state index contributed by atoms with van der Waals surface area (Å²) in [5.41, 5.74) is 6.32. The zero-order valence-electron chi connectivity index (χ0n) is 18.2. The fourth-order valence-electron chi connectivity index (χ4n) is 4.42. The molecule has 1 aromatic heterocycles. The maximum absolute atomic E-state index is 13.2. The molecule has 172 valence electrons. The summed E-state index contributed by atoms with van der Waals surface area (Å²) in [5, 5.41) is 7.63. The molecule has 2 aliphatic rings. The van der Waals surface area contributed by atoms with Gasteiger partial charge in [0.1, 0.15) is 6.04 Å². The van der Waals surface area contributed by atoms with E-state index in [2.05, 4.69) is 21.7 Å². The molecule has 3 heterocycles. The van der Waals surface area contributed by atoms with Crippen molar-refractivity contribution in [3.63, 3.8) is 0 Å². The van der Waals surface area contributed by atoms with Gasteiger partial charge in [-0.1, -0.05) is 30.3 Å². The lowest BCUT2D eigenvalue weighted by atomic mass is 9.95. The maximum Gasteiger partial charge on any atom is 0.262 e. The molecule has 0 saturated carbocycles. The first-order valence-electron chi connectivity index (χ1n) is 11.0. The Labute approximate surface area is 200 Å². The predicted octanol–water partition coefficient (Wildman–Crippen LogP) is 2.54. The second kappa shape index (κ2) is 9.28. The molecule has 2 N–H and O–H groups in total. The fourth-order valence-corrected chi connectivity index (χ4v) is 4.98. The van der Waals surface area contributed by atoms with E-state index in [9.17, 15) is 19.2 Å². The summed E-state index contributed by atoms with van der Waals surface area (Å²) < 4.78 is 0. The summed E-state index contributed by atoms with van der Waals surface area (Å²) in [7, 11) is 0. The number of nitrogens with zero attached hydrogens (tertiary/aromatic N) is 2. The van der Waals surface area contributed by atoms with Gasteiger partial charge in [-0.3, -0.25) is 29.4 Å². The van der Waals surface area contributed by atoms with Gasteiger partial charge in [0.2, 0.25) is 11.8 Å². The number of amides is 4. The van der Waals surface area contributed by atoms with E-state index in [0.29, 0.717) is 6.54 Å². The van der Waals surface area contributed by atoms with E-state index < -0.39 is 29.7 Å². The standard InChI is InChI=1S/C25H22N4O4S/c30-22-8-7-21(23(31)28-22)29-24(32)19-6-5-16(11-20(19)25(29)33)18-4-2-1-3-15(18)9-10-26-12-17-13-34-14-27-17/h1-6,11,13-14,21,26H,7-10,12H2,(H,28,30,31). The third-order valence-electron chi connectivity index (χ3n) is 6.13. The van der Waals surface area contributed by atoms with E-state index in [1.807, 2.05) is 35.2 Å². The van der Waals surface area contributed by atoms with Gasteiger partial charge < -0.3 is 5.32 Å². The normalized spacial score (nSPS) is 17.8. The van der Waals surface area contributed by atoms with E-state index in [1.54, 1.807) is 23.5 Å². The highest BCUT2D eigenvalue weighted by Crippen LogP contribution is 2.32. The third kappa shape index (κ3) is 4.15. The molecule has 0 spiro atoms. The van der Waals surface area contributed by atoms with Crippen LogP contribution in [-0.2, 0) is 22.6 Å². The largest absolute Gasteiger partial charge is 0.311 e. The van der Waals surface area contributed by atoms with Crippen molar-refractivity contribution in [2.75, 3.05) is 6.54 Å². The minimum atomic E-state index is -0.968. The molecule has 0 radical (unpaired) electrons. The number of nitrogens with one attached hydrogen (secondary N) is 2. The van der Waals surface area contributed by atoms with Crippen LogP contribution < -0.4 is 10.6 Å². The monoisotopic (exact) mass is 474 g/mol. The fraction of sp³-hybridized carbons (Fsp3) is 0.240. The summed E-state index contributed by atoms with van der Waals surface area (Å²) in [5.74, 6) is -2.00. The van der Waals surface area contributed by atoms with E-state index >= 15 is 0 Å². The number of imide groups is 2. The average molecular weight is 475 g/mol. The van der Waals surface area contributed by atoms with Gasteiger partial charge >= 0.3 is 0 Å². The lowest BCUT2D eigenvalue weighted by Crippen LogP contribution is -2.54. The number of thiazole rings is 1. The third-order valence-corrected chi connectivity index (χ3v) is 6.76. The number of rotatable bonds is 7. The molecule has 0 aliphatic carbocycles. The summed E-state index contributed by atoms with van der Waals surface area (Å²) in [6.07, 6.45) is 1.02. The van der Waals surface area contributed by atoms with Crippen molar-refractivity contribution < 1.29 is 19.2 Å². The van der Waals surface area contributed by atoms with Gasteiger partial charge in [-0.25, -0.2) is 4.98 Å². The molecule has 1 fully saturated rings. The van der Waals surface area contributed by atoms with Crippen molar-refractivity contribution in [3.8, 4) is 11.1 Å². The highest BCUT2D eigenvalue weighted by Gasteiger charge is 2.44. The van der Waals surface area contributed by atoms with E-state index in [-0.39, 0.29) is 24.0 Å². The van der Waals surface area contributed by atoms with Crippen molar-refractivity contribution in [1.82, 2.24) is 20.5 Å². The molecule has 5 rings (SSSR count). The van der Waals surface area contributed by atoms with Crippen LogP contribution in [0.25, 0.3) is 11.1 Å². The number of hydrogen-bond acceptors (Lipinski definition) is 7. The van der Waals surface area contributed by atoms with Crippen LogP contribution in [0.1, 0.15) is 44.8 Å². The smallest absolute Gasteiger partial charge is 0.262 e. The lowest BCUT2D eigenvalue weighted by molar-refractivity contribution is -0.136. The molecule has 8 nitrogen and oxygen atoms in total. The Morgan fingerprint density at radius 2 is 1.85 bits per heavy atom. The van der Waals surface area contributed by atoms with E-state index in [4.69, 9.17) is 0 Å². The van der Waals surface area contributed by atoms with Crippen molar-refractivity contribution >= 4 is 35.0 Å². The molecule has 0 bridgehead atoms. The summed E-state index contributed by atoms with van der Waals surface area (Å²) in [4.78, 5) is 55.1. The maximum atomic E-state index is 13.2. The van der Waals surface area contributed by atoms with Crippen molar-refractivity contribution in [2.45, 2.75) is 31.8 Å². The first-order valence-corrected chi connectivity index (χ1v) is 12.0. The number of benzene rings is 2. The van der Waals surface area contributed by atoms with E-state index in [0.717, 1.165) is 40.2 Å². The molecule has 2 aliphatic heterocycles. The van der Waals surface area contributed by atoms with Gasteiger partial charge in [-0.15, -0.1) is 11.3 Å². The number of piperidine rings is 1. The van der Waals surface area contributed by atoms with Crippen LogP contribution in [0, 0.1) is 0 Å². The molecule has 2 aromatic carbocycles. The molecule has 34 heavy (non-hydrogen) atoms. The van der Waals surface area contributed by atoms with Crippen molar-refractivity contribution in [2.24, 2.45) is 0 Å². The van der Waals surface area contributed by atoms with Gasteiger partial charge in [-0.2, -0.15) is 0 Å². The van der Waals surface area contributed by atoms with Gasteiger partial charge in [0.15, 0.2) is 0 Å². The Hall–Kier alpha value is -3.69. The van der Waals surface area contributed by atoms with Gasteiger partial charge in [0.25, 0.3) is 11.8 Å². The first kappa shape index (κ1) is 22.1. The quantitative estimate of drug-likeness (QED) is 0.403. The topological polar surface area (TPSA) is 108 Å². The van der Waals surface area contributed by atoms with Crippen LogP contribution in [0.4, 0.5) is 0 Å². The van der Waals surface area contributed by atoms with Crippen LogP contribution in [0.2, 0.25) is 0 Å². The zero-order chi connectivity index (χ0) is 23.7. The van der Waals surface area contributed by atoms with Gasteiger partial charge in [0, 0.05) is 18.3 Å². The minimum absolute atomic E-state index is 0.0962. The molecular weight excluding hydrogens is 452 g/mol. The summed E-state index contributed by atoms with van der Waals surface area (Å²) in [6.45, 7) is 1.47. The molecule has 9 heteroatoms. The number of carbonyl (C=O) groups is 4. The van der Waals surface area contributed by atoms with Crippen LogP contribution in [0.5, 0.6) is 0 Å². The molecular formula is C25H22N4O4S. The number of fused-ring (bicyclic) bond motifs is 1. The SMILES string of the molecule is O=C1CCC(N2C(=O)c3ccc(-c4ccccc4CCNCc4cscn4)cc3C2=O)C(=O)N1. The van der Waals surface area contributed by atoms with Crippen LogP contribution in [0.15, 0.2) is 53.4 Å². The lowest BCUT2D eigenvalue weighted by Gasteiger charge is -2.27. The summed E-state index contributed by atoms with van der Waals surface area (Å²) in [6, 6.07) is 12.2. The van der Waals surface area contributed by atoms with E-state index in [1.165, 1.54) is 0 Å². The molecule has 1 atom stereocenters. The number of carbonyl (C=O) groups excluding carboxylic acids is 4. The Kier molecular flexibility index (Phi) is 6.04. The Morgan fingerprint density at radius 1 is 1.03 bits per heavy atom. The Balaban J connectivity index is 1.35. The second-order valence-corrected chi connectivity index (χ2v) is 8.99. The highest BCUT2D eigenvalue weighted by atomic mass is 32.1. The highest BCUT2D eigenvalue weighted by molar-refractivity contribution is 7.07. The molecule has 3 aromatic rings. The minimum Gasteiger partial charge on any atom is -0.311 e. The van der Waals surface area contributed by atoms with Crippen molar-refractivity contribution in [3.05, 3.63) is 75.7 Å². The average Bonchev–Trinajstić information content (AvgIpc) is 3.44. The molecule has 1 unspecified atom stereocenters. The molecule has 1 saturated heterocycles. The van der Waals surface area contributed by atoms with Crippen molar-refractivity contribution in [1.29, 1.82) is 0 Å². The number of aromatic nitrogens is 1. The molecule has 4 amide bonds. The van der Waals surface area contributed by atoms with Gasteiger partial charge in [0.05, 0.1) is 22.3 Å². The van der Waals surface area contributed by atoms with Crippen LogP contribution in [0.3, 0.4) is 0 Å². The Bertz CT molecular complexity index is 1290. The zero-order valence-corrected chi connectivity index (χ0v) is 19.1. The number of hydrogen-bond donors (Lipinski definition) is 2. The summed E-state index contributed by atoms with van der Waals surface area (Å²) >= 11 is 1.57. The Morgan fingerprint density at radius 3 is 2.65 bits per heavy atom. The van der Waals surface area contributed by atoms with Crippen LogP contribution >= 0.6 is 11.3 Å². The second-order valence-electron chi connectivity index (χ2n) is 8.27. The van der Waals surface area contributed by atoms with Crippen LogP contribution in [-0.4, -0.2) is 46.1 Å². The van der Waals surface area contributed by atoms with Gasteiger partial charge in [-0.05, 0) is 48.2 Å². The first-order chi connectivity index (χ1) is 16.5.